The summed E-state index contributed by atoms with van der Waals surface area (Å²) in [6.45, 7) is 2.31. The molecule has 10 heteroatoms. The van der Waals surface area contributed by atoms with Gasteiger partial charge in [-0.15, -0.1) is 0 Å². The summed E-state index contributed by atoms with van der Waals surface area (Å²) in [4.78, 5) is 32.8. The van der Waals surface area contributed by atoms with Gasteiger partial charge in [0.1, 0.15) is 24.7 Å². The molecule has 1 aliphatic rings. The van der Waals surface area contributed by atoms with E-state index in [0.29, 0.717) is 49.5 Å². The highest BCUT2D eigenvalue weighted by atomic mass is 35.5. The zero-order chi connectivity index (χ0) is 32.0. The first kappa shape index (κ1) is 30.9. The summed E-state index contributed by atoms with van der Waals surface area (Å²) >= 11 is 7.86. The number of hydrogen-bond acceptors (Lipinski definition) is 8. The fourth-order valence-corrected chi connectivity index (χ4v) is 6.44. The Morgan fingerprint density at radius 1 is 0.913 bits per heavy atom. The largest absolute Gasteiger partial charge is 0.493 e. The second kappa shape index (κ2) is 13.9. The molecule has 1 aliphatic heterocycles. The van der Waals surface area contributed by atoms with E-state index >= 15 is 0 Å². The standard InChI is InChI=1S/C36H29ClN2O6S/c1-23-31(35(41)45-27-16-10-5-11-17-27)32(25-12-6-3-7-13-25)39-34(40)30(46-36(39)38-23)22-24-20-28(37)33(29(21-24)42-2)44-19-18-43-26-14-8-4-9-15-26/h3-17,20-22,32H,18-19H2,1-2H3/b30-22-. The van der Waals surface area contributed by atoms with Crippen LogP contribution in [-0.4, -0.2) is 30.9 Å². The van der Waals surface area contributed by atoms with Gasteiger partial charge in [0, 0.05) is 0 Å². The molecule has 2 heterocycles. The van der Waals surface area contributed by atoms with E-state index in [1.165, 1.54) is 18.4 Å². The molecule has 0 radical (unpaired) electrons. The van der Waals surface area contributed by atoms with Crippen LogP contribution in [0.4, 0.5) is 0 Å². The van der Waals surface area contributed by atoms with Gasteiger partial charge in [0.15, 0.2) is 16.3 Å². The van der Waals surface area contributed by atoms with Gasteiger partial charge in [-0.1, -0.05) is 89.7 Å². The molecule has 1 aromatic heterocycles. The normalized spacial score (nSPS) is 14.3. The summed E-state index contributed by atoms with van der Waals surface area (Å²) in [7, 11) is 1.52. The van der Waals surface area contributed by atoms with Crippen LogP contribution in [0.5, 0.6) is 23.0 Å². The Hall–Kier alpha value is -5.12. The van der Waals surface area contributed by atoms with Crippen LogP contribution in [0, 0.1) is 0 Å². The summed E-state index contributed by atoms with van der Waals surface area (Å²) in [5.41, 5.74) is 1.85. The molecule has 46 heavy (non-hydrogen) atoms. The number of aromatic nitrogens is 1. The van der Waals surface area contributed by atoms with Crippen molar-refractivity contribution in [2.24, 2.45) is 4.99 Å². The highest BCUT2D eigenvalue weighted by Crippen LogP contribution is 2.37. The number of nitrogens with zero attached hydrogens (tertiary/aromatic N) is 2. The predicted octanol–water partition coefficient (Wildman–Crippen LogP) is 5.96. The number of rotatable bonds is 10. The Morgan fingerprint density at radius 2 is 1.54 bits per heavy atom. The maximum atomic E-state index is 14.0. The van der Waals surface area contributed by atoms with Gasteiger partial charge < -0.3 is 18.9 Å². The molecule has 0 fully saturated rings. The average molecular weight is 653 g/mol. The number of carbonyl (C=O) groups excluding carboxylic acids is 1. The first-order valence-electron chi connectivity index (χ1n) is 14.5. The Labute approximate surface area is 274 Å². The van der Waals surface area contributed by atoms with Gasteiger partial charge in [-0.3, -0.25) is 9.36 Å². The smallest absolute Gasteiger partial charge is 0.343 e. The van der Waals surface area contributed by atoms with Crippen LogP contribution >= 0.6 is 22.9 Å². The van der Waals surface area contributed by atoms with Crippen LogP contribution in [0.2, 0.25) is 5.02 Å². The third-order valence-electron chi connectivity index (χ3n) is 7.20. The molecule has 0 amide bonds. The molecule has 0 spiro atoms. The number of carbonyl (C=O) groups is 1. The second-order valence-electron chi connectivity index (χ2n) is 10.2. The molecule has 0 aliphatic carbocycles. The zero-order valence-corrected chi connectivity index (χ0v) is 26.6. The van der Waals surface area contributed by atoms with Crippen molar-refractivity contribution in [3.63, 3.8) is 0 Å². The van der Waals surface area contributed by atoms with Crippen molar-refractivity contribution in [1.82, 2.24) is 4.57 Å². The minimum absolute atomic E-state index is 0.247. The summed E-state index contributed by atoms with van der Waals surface area (Å²) in [6.07, 6.45) is 1.73. The fraction of sp³-hybridized carbons (Fsp3) is 0.139. The van der Waals surface area contributed by atoms with E-state index in [1.807, 2.05) is 66.7 Å². The number of methoxy groups -OCH3 is 1. The number of hydrogen-bond donors (Lipinski definition) is 0. The van der Waals surface area contributed by atoms with Gasteiger partial charge in [-0.25, -0.2) is 9.79 Å². The topological polar surface area (TPSA) is 88.4 Å². The maximum Gasteiger partial charge on any atom is 0.343 e. The summed E-state index contributed by atoms with van der Waals surface area (Å²) in [6, 6.07) is 30.4. The van der Waals surface area contributed by atoms with Gasteiger partial charge in [0.2, 0.25) is 0 Å². The fourth-order valence-electron chi connectivity index (χ4n) is 5.12. The van der Waals surface area contributed by atoms with Gasteiger partial charge in [0.05, 0.1) is 34.0 Å². The molecule has 232 valence electrons. The molecule has 1 unspecified atom stereocenters. The number of para-hydroxylation sites is 2. The average Bonchev–Trinajstić information content (AvgIpc) is 3.37. The lowest BCUT2D eigenvalue weighted by Gasteiger charge is -2.24. The first-order valence-corrected chi connectivity index (χ1v) is 15.7. The minimum atomic E-state index is -0.734. The van der Waals surface area contributed by atoms with E-state index in [0.717, 1.165) is 11.3 Å². The number of allylic oxidation sites excluding steroid dienone is 1. The zero-order valence-electron chi connectivity index (χ0n) is 25.0. The number of benzene rings is 4. The number of ether oxygens (including phenoxy) is 4. The van der Waals surface area contributed by atoms with Crippen LogP contribution in [0.15, 0.2) is 124 Å². The first-order chi connectivity index (χ1) is 22.4. The Bertz CT molecular complexity index is 2080. The van der Waals surface area contributed by atoms with Crippen molar-refractivity contribution in [3.8, 4) is 23.0 Å². The summed E-state index contributed by atoms with van der Waals surface area (Å²) < 4.78 is 24.9. The van der Waals surface area contributed by atoms with Gasteiger partial charge in [-0.2, -0.15) is 0 Å². The highest BCUT2D eigenvalue weighted by Gasteiger charge is 2.33. The van der Waals surface area contributed by atoms with Crippen LogP contribution < -0.4 is 33.8 Å². The van der Waals surface area contributed by atoms with Gasteiger partial charge in [0.25, 0.3) is 5.56 Å². The molecule has 4 aromatic carbocycles. The van der Waals surface area contributed by atoms with Crippen molar-refractivity contribution in [1.29, 1.82) is 0 Å². The number of halogens is 1. The lowest BCUT2D eigenvalue weighted by atomic mass is 9.96. The predicted molar refractivity (Wildman–Crippen MR) is 178 cm³/mol. The molecule has 0 saturated heterocycles. The Balaban J connectivity index is 1.33. The van der Waals surface area contributed by atoms with Crippen LogP contribution in [0.1, 0.15) is 24.1 Å². The maximum absolute atomic E-state index is 14.0. The monoisotopic (exact) mass is 652 g/mol. The van der Waals surface area contributed by atoms with Crippen LogP contribution in [-0.2, 0) is 4.79 Å². The van der Waals surface area contributed by atoms with Crippen LogP contribution in [0.3, 0.4) is 0 Å². The molecule has 5 aromatic rings. The van der Waals surface area contributed by atoms with Crippen LogP contribution in [0.25, 0.3) is 6.08 Å². The minimum Gasteiger partial charge on any atom is -0.493 e. The third-order valence-corrected chi connectivity index (χ3v) is 8.47. The van der Waals surface area contributed by atoms with Crippen molar-refractivity contribution in [2.75, 3.05) is 20.3 Å². The van der Waals surface area contributed by atoms with Crippen molar-refractivity contribution in [3.05, 3.63) is 150 Å². The lowest BCUT2D eigenvalue weighted by molar-refractivity contribution is -0.130. The lowest BCUT2D eigenvalue weighted by Crippen LogP contribution is -2.40. The molecular weight excluding hydrogens is 624 g/mol. The van der Waals surface area contributed by atoms with E-state index in [-0.39, 0.29) is 17.7 Å². The van der Waals surface area contributed by atoms with E-state index in [4.69, 9.17) is 30.5 Å². The van der Waals surface area contributed by atoms with Crippen molar-refractivity contribution in [2.45, 2.75) is 13.0 Å². The number of fused-ring (bicyclic) bond motifs is 1. The van der Waals surface area contributed by atoms with E-state index < -0.39 is 12.0 Å². The quantitative estimate of drug-likeness (QED) is 0.105. The SMILES string of the molecule is COc1cc(/C=c2\sc3n(c2=O)C(c2ccccc2)C(C(=O)Oc2ccccc2)=C(C)N=3)cc(Cl)c1OCCOc1ccccc1. The Morgan fingerprint density at radius 3 is 2.22 bits per heavy atom. The highest BCUT2D eigenvalue weighted by molar-refractivity contribution is 7.07. The third kappa shape index (κ3) is 6.61. The Kier molecular flexibility index (Phi) is 9.33. The summed E-state index contributed by atoms with van der Waals surface area (Å²) in [5.74, 6) is 1.36. The van der Waals surface area contributed by atoms with Gasteiger partial charge >= 0.3 is 5.97 Å². The van der Waals surface area contributed by atoms with Crippen molar-refractivity contribution >= 4 is 35.0 Å². The van der Waals surface area contributed by atoms with E-state index in [1.54, 1.807) is 54.0 Å². The second-order valence-corrected chi connectivity index (χ2v) is 11.7. The molecule has 8 nitrogen and oxygen atoms in total. The molecule has 1 atom stereocenters. The van der Waals surface area contributed by atoms with E-state index in [9.17, 15) is 9.59 Å². The van der Waals surface area contributed by atoms with Gasteiger partial charge in [-0.05, 0) is 60.5 Å². The molecule has 0 bridgehead atoms. The summed E-state index contributed by atoms with van der Waals surface area (Å²) in [5, 5.41) is 0.321. The number of thiazole rings is 1. The molecule has 6 rings (SSSR count). The molecule has 0 N–H and O–H groups in total. The van der Waals surface area contributed by atoms with Crippen molar-refractivity contribution < 1.29 is 23.7 Å². The van der Waals surface area contributed by atoms with E-state index in [2.05, 4.69) is 4.99 Å². The number of esters is 1. The molecule has 0 saturated carbocycles. The molecular formula is C36H29ClN2O6S.